The molecule has 0 radical (unpaired) electrons. The molecule has 0 N–H and O–H groups in total. The van der Waals surface area contributed by atoms with Crippen molar-refractivity contribution in [1.29, 1.82) is 0 Å². The van der Waals surface area contributed by atoms with Crippen molar-refractivity contribution in [2.75, 3.05) is 0 Å². The second-order valence-electron chi connectivity index (χ2n) is 9.11. The van der Waals surface area contributed by atoms with Crippen LogP contribution in [-0.4, -0.2) is 0 Å². The molecular formula is C31H32. The van der Waals surface area contributed by atoms with Crippen molar-refractivity contribution in [3.05, 3.63) is 84.4 Å². The predicted octanol–water partition coefficient (Wildman–Crippen LogP) is 9.59. The van der Waals surface area contributed by atoms with Crippen LogP contribution in [0.3, 0.4) is 0 Å². The summed E-state index contributed by atoms with van der Waals surface area (Å²) in [6.07, 6.45) is 10.7. The van der Waals surface area contributed by atoms with E-state index in [0.29, 0.717) is 0 Å². The molecule has 0 fully saturated rings. The van der Waals surface area contributed by atoms with Gasteiger partial charge in [0.1, 0.15) is 0 Å². The smallest absolute Gasteiger partial charge is 0.0146 e. The van der Waals surface area contributed by atoms with Crippen LogP contribution in [0.15, 0.2) is 78.9 Å². The Morgan fingerprint density at radius 1 is 0.452 bits per heavy atom. The quantitative estimate of drug-likeness (QED) is 0.178. The van der Waals surface area contributed by atoms with E-state index < -0.39 is 0 Å². The van der Waals surface area contributed by atoms with Gasteiger partial charge in [-0.3, -0.25) is 0 Å². The summed E-state index contributed by atoms with van der Waals surface area (Å²) in [5.74, 6) is 0. The molecule has 5 rings (SSSR count). The van der Waals surface area contributed by atoms with E-state index in [9.17, 15) is 0 Å². The fourth-order valence-corrected chi connectivity index (χ4v) is 5.03. The van der Waals surface area contributed by atoms with Gasteiger partial charge in [-0.2, -0.15) is 0 Å². The van der Waals surface area contributed by atoms with Crippen LogP contribution < -0.4 is 0 Å². The highest BCUT2D eigenvalue weighted by atomic mass is 14.1. The highest BCUT2D eigenvalue weighted by Gasteiger charge is 2.06. The first kappa shape index (κ1) is 20.1. The lowest BCUT2D eigenvalue weighted by molar-refractivity contribution is 0.590. The Morgan fingerprint density at radius 2 is 0.968 bits per heavy atom. The number of hydrogen-bond acceptors (Lipinski definition) is 0. The zero-order chi connectivity index (χ0) is 21.0. The lowest BCUT2D eigenvalue weighted by atomic mass is 9.94. The van der Waals surface area contributed by atoms with Gasteiger partial charge in [0, 0.05) is 0 Å². The van der Waals surface area contributed by atoms with E-state index in [-0.39, 0.29) is 0 Å². The van der Waals surface area contributed by atoms with Crippen molar-refractivity contribution >= 4 is 43.1 Å². The van der Waals surface area contributed by atoms with Crippen molar-refractivity contribution in [3.63, 3.8) is 0 Å². The first-order valence-corrected chi connectivity index (χ1v) is 12.1. The Labute approximate surface area is 185 Å². The van der Waals surface area contributed by atoms with Gasteiger partial charge in [0.25, 0.3) is 0 Å². The average Bonchev–Trinajstić information content (AvgIpc) is 2.79. The molecule has 0 aromatic heterocycles. The number of benzene rings is 5. The Bertz CT molecular complexity index is 1340. The monoisotopic (exact) mass is 404 g/mol. The Hall–Kier alpha value is -2.86. The molecule has 0 amide bonds. The van der Waals surface area contributed by atoms with Crippen LogP contribution in [0.25, 0.3) is 43.1 Å². The van der Waals surface area contributed by atoms with E-state index in [0.717, 1.165) is 0 Å². The Kier molecular flexibility index (Phi) is 5.89. The molecule has 0 aliphatic heterocycles. The summed E-state index contributed by atoms with van der Waals surface area (Å²) in [5.41, 5.74) is 1.51. The van der Waals surface area contributed by atoms with Gasteiger partial charge in [-0.1, -0.05) is 87.9 Å². The van der Waals surface area contributed by atoms with E-state index in [1.54, 1.807) is 0 Å². The van der Waals surface area contributed by atoms with Gasteiger partial charge < -0.3 is 0 Å². The first-order chi connectivity index (χ1) is 15.3. The van der Waals surface area contributed by atoms with E-state index in [1.807, 2.05) is 0 Å². The van der Waals surface area contributed by atoms with Gasteiger partial charge in [0.15, 0.2) is 0 Å². The first-order valence-electron chi connectivity index (χ1n) is 12.1. The minimum Gasteiger partial charge on any atom is -0.0654 e. The third-order valence-corrected chi connectivity index (χ3v) is 6.80. The van der Waals surface area contributed by atoms with Gasteiger partial charge >= 0.3 is 0 Å². The van der Waals surface area contributed by atoms with Crippen LogP contribution in [0.4, 0.5) is 0 Å². The fourth-order valence-electron chi connectivity index (χ4n) is 5.03. The van der Waals surface area contributed by atoms with Crippen LogP contribution in [0.1, 0.15) is 57.4 Å². The number of fused-ring (bicyclic) bond motifs is 4. The zero-order valence-corrected chi connectivity index (χ0v) is 18.7. The lowest BCUT2D eigenvalue weighted by Gasteiger charge is -2.10. The second kappa shape index (κ2) is 9.10. The summed E-state index contributed by atoms with van der Waals surface area (Å²) >= 11 is 0. The van der Waals surface area contributed by atoms with Crippen molar-refractivity contribution in [3.8, 4) is 0 Å². The summed E-state index contributed by atoms with van der Waals surface area (Å²) in [5, 5.41) is 10.8. The van der Waals surface area contributed by atoms with Crippen LogP contribution in [0.2, 0.25) is 0 Å². The summed E-state index contributed by atoms with van der Waals surface area (Å²) in [7, 11) is 0. The molecular weight excluding hydrogens is 372 g/mol. The molecule has 0 spiro atoms. The van der Waals surface area contributed by atoms with Gasteiger partial charge in [0.2, 0.25) is 0 Å². The van der Waals surface area contributed by atoms with E-state index in [1.165, 1.54) is 100 Å². The molecule has 0 bridgehead atoms. The topological polar surface area (TPSA) is 0 Å². The largest absolute Gasteiger partial charge is 0.0654 e. The van der Waals surface area contributed by atoms with Crippen molar-refractivity contribution < 1.29 is 0 Å². The molecule has 0 unspecified atom stereocenters. The minimum absolute atomic E-state index is 1.19. The number of aryl methyl sites for hydroxylation is 1. The molecule has 0 nitrogen and oxygen atoms in total. The molecule has 5 aromatic rings. The minimum atomic E-state index is 1.19. The third-order valence-electron chi connectivity index (χ3n) is 6.80. The van der Waals surface area contributed by atoms with Gasteiger partial charge in [-0.25, -0.2) is 0 Å². The van der Waals surface area contributed by atoms with Crippen LogP contribution >= 0.6 is 0 Å². The Morgan fingerprint density at radius 3 is 1.65 bits per heavy atom. The van der Waals surface area contributed by atoms with Gasteiger partial charge in [0.05, 0.1) is 0 Å². The normalized spacial score (nSPS) is 11.8. The summed E-state index contributed by atoms with van der Waals surface area (Å²) in [6, 6.07) is 29.7. The van der Waals surface area contributed by atoms with Crippen LogP contribution in [-0.2, 0) is 6.42 Å². The third kappa shape index (κ3) is 4.30. The number of hydrogen-bond donors (Lipinski definition) is 0. The zero-order valence-electron chi connectivity index (χ0n) is 18.7. The predicted molar refractivity (Wildman–Crippen MR) is 138 cm³/mol. The molecule has 0 aliphatic carbocycles. The fraction of sp³-hybridized carbons (Fsp3) is 0.290. The summed E-state index contributed by atoms with van der Waals surface area (Å²) < 4.78 is 0. The molecule has 0 atom stereocenters. The van der Waals surface area contributed by atoms with E-state index >= 15 is 0 Å². The van der Waals surface area contributed by atoms with Gasteiger partial charge in [-0.05, 0) is 97.9 Å². The van der Waals surface area contributed by atoms with E-state index in [2.05, 4.69) is 85.8 Å². The maximum absolute atomic E-state index is 2.43. The van der Waals surface area contributed by atoms with Crippen molar-refractivity contribution in [2.45, 2.75) is 58.3 Å². The standard InChI is InChI=1S/C31H32/c1-2-3-4-5-6-7-8-12-23-15-11-16-26-19-29-20-27-17-24-13-9-10-14-25(24)18-28(27)21-30(29)22-31(23)26/h9-11,13-22H,2-8,12H2,1H3. The van der Waals surface area contributed by atoms with Crippen LogP contribution in [0.5, 0.6) is 0 Å². The van der Waals surface area contributed by atoms with Crippen molar-refractivity contribution in [2.24, 2.45) is 0 Å². The molecule has 0 aliphatic rings. The molecule has 31 heavy (non-hydrogen) atoms. The SMILES string of the molecule is CCCCCCCCCc1cccc2cc3cc4cc5ccccc5cc4cc3cc12. The summed E-state index contributed by atoms with van der Waals surface area (Å²) in [4.78, 5) is 0. The van der Waals surface area contributed by atoms with E-state index in [4.69, 9.17) is 0 Å². The molecule has 0 saturated carbocycles. The molecule has 0 heteroatoms. The average molecular weight is 405 g/mol. The second-order valence-corrected chi connectivity index (χ2v) is 9.11. The maximum Gasteiger partial charge on any atom is -0.0146 e. The number of rotatable bonds is 8. The molecule has 156 valence electrons. The van der Waals surface area contributed by atoms with Gasteiger partial charge in [-0.15, -0.1) is 0 Å². The van der Waals surface area contributed by atoms with Crippen LogP contribution in [0, 0.1) is 0 Å². The van der Waals surface area contributed by atoms with Crippen molar-refractivity contribution in [1.82, 2.24) is 0 Å². The molecule has 0 saturated heterocycles. The highest BCUT2D eigenvalue weighted by molar-refractivity contribution is 6.08. The number of unbranched alkanes of at least 4 members (excludes halogenated alkanes) is 6. The highest BCUT2D eigenvalue weighted by Crippen LogP contribution is 2.31. The Balaban J connectivity index is 1.45. The summed E-state index contributed by atoms with van der Waals surface area (Å²) in [6.45, 7) is 2.29. The molecule has 5 aromatic carbocycles. The molecule has 0 heterocycles. The lowest BCUT2D eigenvalue weighted by Crippen LogP contribution is -1.89. The maximum atomic E-state index is 2.43.